The SMILES string of the molecule is CC(C)[C@@]1(O)[C@H](O)[C@@]2(O)[C@@]3(C)C[C@]4(O)O[C@@]5([C@H](O)[C@@H](C)CC[C@]35O)[C@@]2(O)[C@@]14C. The molecule has 6 fully saturated rings. The van der Waals surface area contributed by atoms with Gasteiger partial charge in [-0.25, -0.2) is 0 Å². The van der Waals surface area contributed by atoms with Gasteiger partial charge in [0.2, 0.25) is 0 Å². The van der Waals surface area contributed by atoms with E-state index in [-0.39, 0.29) is 12.8 Å². The number of ether oxygens (including phenoxy) is 1. The Balaban J connectivity index is 1.97. The van der Waals surface area contributed by atoms with Crippen molar-refractivity contribution in [3.8, 4) is 0 Å². The van der Waals surface area contributed by atoms with E-state index in [2.05, 4.69) is 0 Å². The maximum Gasteiger partial charge on any atom is 0.178 e. The lowest BCUT2D eigenvalue weighted by atomic mass is 9.52. The fourth-order valence-electron chi connectivity index (χ4n) is 8.80. The summed E-state index contributed by atoms with van der Waals surface area (Å²) in [6.45, 7) is 7.90. The zero-order valence-electron chi connectivity index (χ0n) is 17.0. The molecule has 6 bridgehead atoms. The highest BCUT2D eigenvalue weighted by molar-refractivity contribution is 5.56. The van der Waals surface area contributed by atoms with E-state index in [0.717, 1.165) is 0 Å². The maximum atomic E-state index is 12.3. The van der Waals surface area contributed by atoms with Crippen molar-refractivity contribution in [1.82, 2.24) is 0 Å². The van der Waals surface area contributed by atoms with Gasteiger partial charge in [0, 0.05) is 11.8 Å². The molecule has 160 valence electrons. The van der Waals surface area contributed by atoms with Gasteiger partial charge < -0.3 is 40.5 Å². The largest absolute Gasteiger partial charge is 0.390 e. The molecule has 2 heterocycles. The summed E-state index contributed by atoms with van der Waals surface area (Å²) < 4.78 is 6.05. The quantitative estimate of drug-likeness (QED) is 0.285. The summed E-state index contributed by atoms with van der Waals surface area (Å²) in [4.78, 5) is 0. The first-order valence-electron chi connectivity index (χ1n) is 10.2. The number of aliphatic hydroxyl groups is 7. The molecule has 11 atom stereocenters. The summed E-state index contributed by atoms with van der Waals surface area (Å²) in [6.07, 6.45) is -3.04. The van der Waals surface area contributed by atoms with Crippen LogP contribution in [0.3, 0.4) is 0 Å². The van der Waals surface area contributed by atoms with Crippen LogP contribution < -0.4 is 0 Å². The molecule has 6 aliphatic rings. The minimum absolute atomic E-state index is 0.116. The molecular weight excluding hydrogens is 368 g/mol. The van der Waals surface area contributed by atoms with Crippen LogP contribution in [0.2, 0.25) is 0 Å². The number of aliphatic hydroxyl groups excluding tert-OH is 2. The monoisotopic (exact) mass is 400 g/mol. The summed E-state index contributed by atoms with van der Waals surface area (Å²) in [7, 11) is 0. The Morgan fingerprint density at radius 3 is 2.11 bits per heavy atom. The molecule has 0 radical (unpaired) electrons. The van der Waals surface area contributed by atoms with Gasteiger partial charge in [-0.05, 0) is 31.6 Å². The first-order chi connectivity index (χ1) is 12.6. The van der Waals surface area contributed by atoms with Gasteiger partial charge in [0.1, 0.15) is 28.5 Å². The number of hydrogen-bond donors (Lipinski definition) is 7. The molecule has 28 heavy (non-hydrogen) atoms. The van der Waals surface area contributed by atoms with Crippen molar-refractivity contribution in [3.63, 3.8) is 0 Å². The highest BCUT2D eigenvalue weighted by Crippen LogP contribution is 2.90. The van der Waals surface area contributed by atoms with Crippen LogP contribution in [-0.4, -0.2) is 81.7 Å². The molecule has 0 unspecified atom stereocenters. The van der Waals surface area contributed by atoms with Crippen LogP contribution >= 0.6 is 0 Å². The molecule has 2 saturated heterocycles. The second kappa shape index (κ2) is 4.34. The van der Waals surface area contributed by atoms with Crippen molar-refractivity contribution in [2.75, 3.05) is 0 Å². The van der Waals surface area contributed by atoms with Crippen molar-refractivity contribution in [2.24, 2.45) is 22.7 Å². The van der Waals surface area contributed by atoms with E-state index < -0.39 is 68.7 Å². The predicted molar refractivity (Wildman–Crippen MR) is 94.6 cm³/mol. The third kappa shape index (κ3) is 1.13. The standard InChI is InChI=1S/C20H32O8/c1-9(2)17(25)12(22)18(26)13(4)8-16(24)14(17,5)20(18,27)19(28-16)11(21)10(3)6-7-15(13,19)23/h9-12,21-27H,6-8H2,1-5H3/t10-,11+,12-,13-,14+,15-,16-,17+,18+,19+,20+/m0/s1. The Labute approximate surface area is 163 Å². The molecule has 7 N–H and O–H groups in total. The first-order valence-corrected chi connectivity index (χ1v) is 10.2. The first kappa shape index (κ1) is 19.6. The summed E-state index contributed by atoms with van der Waals surface area (Å²) in [5.41, 5.74) is -14.7. The van der Waals surface area contributed by atoms with Crippen molar-refractivity contribution in [2.45, 2.75) is 99.9 Å². The van der Waals surface area contributed by atoms with Crippen LogP contribution in [0.1, 0.15) is 53.9 Å². The van der Waals surface area contributed by atoms with E-state index in [9.17, 15) is 35.7 Å². The van der Waals surface area contributed by atoms with Gasteiger partial charge in [-0.1, -0.05) is 27.7 Å². The average Bonchev–Trinajstić information content (AvgIpc) is 2.84. The minimum atomic E-state index is -2.49. The molecular formula is C20H32O8. The summed E-state index contributed by atoms with van der Waals surface area (Å²) in [5, 5.41) is 82.3. The molecule has 2 aliphatic heterocycles. The van der Waals surface area contributed by atoms with Crippen LogP contribution in [-0.2, 0) is 4.74 Å². The second-order valence-electron chi connectivity index (χ2n) is 10.9. The maximum absolute atomic E-state index is 12.3. The van der Waals surface area contributed by atoms with Crippen LogP contribution in [0, 0.1) is 22.7 Å². The molecule has 0 aromatic heterocycles. The fraction of sp³-hybridized carbons (Fsp3) is 1.00. The number of rotatable bonds is 1. The van der Waals surface area contributed by atoms with Gasteiger partial charge in [-0.2, -0.15) is 0 Å². The topological polar surface area (TPSA) is 151 Å². The lowest BCUT2D eigenvalue weighted by Crippen LogP contribution is -2.75. The third-order valence-electron chi connectivity index (χ3n) is 10.3. The Kier molecular flexibility index (Phi) is 3.04. The third-order valence-corrected chi connectivity index (χ3v) is 10.3. The van der Waals surface area contributed by atoms with Crippen molar-refractivity contribution >= 4 is 0 Å². The fourth-order valence-corrected chi connectivity index (χ4v) is 8.80. The van der Waals surface area contributed by atoms with E-state index in [1.54, 1.807) is 20.8 Å². The lowest BCUT2D eigenvalue weighted by Gasteiger charge is -2.60. The Morgan fingerprint density at radius 2 is 1.57 bits per heavy atom. The average molecular weight is 400 g/mol. The van der Waals surface area contributed by atoms with Gasteiger partial charge in [-0.3, -0.25) is 0 Å². The molecule has 6 rings (SSSR count). The van der Waals surface area contributed by atoms with Crippen LogP contribution in [0.4, 0.5) is 0 Å². The molecule has 0 amide bonds. The van der Waals surface area contributed by atoms with Crippen LogP contribution in [0.25, 0.3) is 0 Å². The van der Waals surface area contributed by atoms with Crippen LogP contribution in [0.5, 0.6) is 0 Å². The van der Waals surface area contributed by atoms with E-state index in [1.807, 2.05) is 0 Å². The molecule has 8 nitrogen and oxygen atoms in total. The Hall–Kier alpha value is -0.320. The van der Waals surface area contributed by atoms with Gasteiger partial charge in [0.15, 0.2) is 11.4 Å². The van der Waals surface area contributed by atoms with E-state index in [0.29, 0.717) is 6.42 Å². The van der Waals surface area contributed by atoms with Crippen molar-refractivity contribution < 1.29 is 40.5 Å². The zero-order valence-corrected chi connectivity index (χ0v) is 17.0. The summed E-state index contributed by atoms with van der Waals surface area (Å²) in [6, 6.07) is 0. The molecule has 8 heteroatoms. The second-order valence-corrected chi connectivity index (χ2v) is 10.9. The summed E-state index contributed by atoms with van der Waals surface area (Å²) >= 11 is 0. The minimum Gasteiger partial charge on any atom is -0.390 e. The Bertz CT molecular complexity index is 790. The Morgan fingerprint density at radius 1 is 1.00 bits per heavy atom. The normalized spacial score (nSPS) is 72.1. The molecule has 4 aliphatic carbocycles. The summed E-state index contributed by atoms with van der Waals surface area (Å²) in [5.74, 6) is -3.24. The van der Waals surface area contributed by atoms with Gasteiger partial charge in [0.25, 0.3) is 0 Å². The zero-order chi connectivity index (χ0) is 21.1. The molecule has 0 aromatic rings. The van der Waals surface area contributed by atoms with E-state index >= 15 is 0 Å². The highest BCUT2D eigenvalue weighted by atomic mass is 16.7. The van der Waals surface area contributed by atoms with Gasteiger partial charge >= 0.3 is 0 Å². The van der Waals surface area contributed by atoms with Crippen molar-refractivity contribution in [1.29, 1.82) is 0 Å². The van der Waals surface area contributed by atoms with Gasteiger partial charge in [0.05, 0.1) is 11.5 Å². The molecule has 1 spiro atoms. The molecule has 0 aromatic carbocycles. The van der Waals surface area contributed by atoms with Crippen LogP contribution in [0.15, 0.2) is 0 Å². The smallest absolute Gasteiger partial charge is 0.178 e. The molecule has 4 saturated carbocycles. The lowest BCUT2D eigenvalue weighted by molar-refractivity contribution is -0.390. The van der Waals surface area contributed by atoms with E-state index in [4.69, 9.17) is 4.74 Å². The highest BCUT2D eigenvalue weighted by Gasteiger charge is 3.09. The number of hydrogen-bond acceptors (Lipinski definition) is 8. The predicted octanol–water partition coefficient (Wildman–Crippen LogP) is -1.38. The van der Waals surface area contributed by atoms with Gasteiger partial charge in [-0.15, -0.1) is 0 Å². The van der Waals surface area contributed by atoms with E-state index in [1.165, 1.54) is 13.8 Å². The van der Waals surface area contributed by atoms with Crippen molar-refractivity contribution in [3.05, 3.63) is 0 Å².